The summed E-state index contributed by atoms with van der Waals surface area (Å²) in [6.45, 7) is 4.88. The quantitative estimate of drug-likeness (QED) is 0.558. The Bertz CT molecular complexity index is 996. The monoisotopic (exact) mass is 382 g/mol. The van der Waals surface area contributed by atoms with Crippen molar-refractivity contribution in [1.82, 2.24) is 10.3 Å². The number of rotatable bonds is 8. The molecule has 1 atom stereocenters. The second-order valence-electron chi connectivity index (χ2n) is 6.94. The molecule has 0 aliphatic heterocycles. The van der Waals surface area contributed by atoms with Gasteiger partial charge in [0, 0.05) is 18.7 Å². The lowest BCUT2D eigenvalue weighted by Gasteiger charge is -2.14. The van der Waals surface area contributed by atoms with Crippen molar-refractivity contribution in [3.05, 3.63) is 69.5 Å². The molecule has 0 unspecified atom stereocenters. The Morgan fingerprint density at radius 3 is 2.54 bits per heavy atom. The number of fused-ring (bicyclic) bond motifs is 1. The molecule has 0 radical (unpaired) electrons. The van der Waals surface area contributed by atoms with E-state index in [9.17, 15) is 9.90 Å². The lowest BCUT2D eigenvalue weighted by Crippen LogP contribution is -2.32. The third-order valence-electron chi connectivity index (χ3n) is 4.57. The number of pyridine rings is 1. The van der Waals surface area contributed by atoms with Crippen LogP contribution in [-0.2, 0) is 6.54 Å². The van der Waals surface area contributed by atoms with Gasteiger partial charge in [-0.25, -0.2) is 0 Å². The van der Waals surface area contributed by atoms with Gasteiger partial charge in [-0.3, -0.25) is 4.79 Å². The van der Waals surface area contributed by atoms with E-state index in [0.29, 0.717) is 24.4 Å². The number of methoxy groups -OCH3 is 1. The normalized spacial score (nSPS) is 12.1. The maximum atomic E-state index is 12.3. The number of hydrogen-bond acceptors (Lipinski definition) is 5. The Kier molecular flexibility index (Phi) is 6.34. The van der Waals surface area contributed by atoms with Gasteiger partial charge >= 0.3 is 0 Å². The first-order valence-corrected chi connectivity index (χ1v) is 9.25. The maximum Gasteiger partial charge on any atom is 0.252 e. The molecular weight excluding hydrogens is 356 g/mol. The number of aliphatic hydroxyl groups excluding tert-OH is 1. The van der Waals surface area contributed by atoms with E-state index in [1.54, 1.807) is 31.4 Å². The number of hydrogen-bond donors (Lipinski definition) is 3. The van der Waals surface area contributed by atoms with Crippen molar-refractivity contribution in [2.45, 2.75) is 26.5 Å². The maximum absolute atomic E-state index is 12.3. The predicted molar refractivity (Wildman–Crippen MR) is 110 cm³/mol. The van der Waals surface area contributed by atoms with Crippen molar-refractivity contribution in [1.29, 1.82) is 0 Å². The topological polar surface area (TPSA) is 83.6 Å². The van der Waals surface area contributed by atoms with Gasteiger partial charge in [-0.05, 0) is 61.2 Å². The molecule has 0 bridgehead atoms. The van der Waals surface area contributed by atoms with Gasteiger partial charge in [0.15, 0.2) is 0 Å². The Balaban J connectivity index is 1.53. The van der Waals surface area contributed by atoms with Crippen LogP contribution in [0.4, 0.5) is 0 Å². The van der Waals surface area contributed by atoms with Crippen LogP contribution in [0.3, 0.4) is 0 Å². The minimum Gasteiger partial charge on any atom is -0.497 e. The molecule has 0 amide bonds. The molecular formula is C22H26N2O4. The number of aryl methyl sites for hydroxylation is 2. The van der Waals surface area contributed by atoms with Gasteiger partial charge in [-0.1, -0.05) is 11.6 Å². The van der Waals surface area contributed by atoms with Gasteiger partial charge in [0.2, 0.25) is 0 Å². The first-order valence-electron chi connectivity index (χ1n) is 9.25. The highest BCUT2D eigenvalue weighted by Crippen LogP contribution is 2.18. The summed E-state index contributed by atoms with van der Waals surface area (Å²) in [5, 5.41) is 14.2. The highest BCUT2D eigenvalue weighted by molar-refractivity contribution is 5.82. The van der Waals surface area contributed by atoms with Crippen LogP contribution in [0, 0.1) is 13.8 Å². The minimum atomic E-state index is -0.689. The summed E-state index contributed by atoms with van der Waals surface area (Å²) >= 11 is 0. The fourth-order valence-electron chi connectivity index (χ4n) is 3.16. The van der Waals surface area contributed by atoms with E-state index in [1.807, 2.05) is 19.9 Å². The average Bonchev–Trinajstić information content (AvgIpc) is 2.68. The zero-order valence-corrected chi connectivity index (χ0v) is 16.4. The van der Waals surface area contributed by atoms with E-state index < -0.39 is 6.10 Å². The van der Waals surface area contributed by atoms with E-state index in [0.717, 1.165) is 27.8 Å². The summed E-state index contributed by atoms with van der Waals surface area (Å²) in [6.07, 6.45) is -0.689. The number of aliphatic hydroxyl groups is 1. The molecule has 6 nitrogen and oxygen atoms in total. The van der Waals surface area contributed by atoms with Gasteiger partial charge in [0.25, 0.3) is 5.56 Å². The second-order valence-corrected chi connectivity index (χ2v) is 6.94. The van der Waals surface area contributed by atoms with Crippen LogP contribution in [0.25, 0.3) is 10.9 Å². The molecule has 1 aromatic heterocycles. The molecule has 2 aromatic carbocycles. The molecule has 0 aliphatic carbocycles. The van der Waals surface area contributed by atoms with Crippen molar-refractivity contribution in [2.24, 2.45) is 0 Å². The van der Waals surface area contributed by atoms with Crippen LogP contribution in [-0.4, -0.2) is 36.5 Å². The summed E-state index contributed by atoms with van der Waals surface area (Å²) in [7, 11) is 1.61. The Labute approximate surface area is 164 Å². The van der Waals surface area contributed by atoms with E-state index >= 15 is 0 Å². The van der Waals surface area contributed by atoms with Gasteiger partial charge in [0.1, 0.15) is 24.2 Å². The molecule has 0 saturated heterocycles. The molecule has 3 N–H and O–H groups in total. The largest absolute Gasteiger partial charge is 0.497 e. The highest BCUT2D eigenvalue weighted by atomic mass is 16.5. The van der Waals surface area contributed by atoms with Crippen LogP contribution in [0.1, 0.15) is 16.7 Å². The zero-order chi connectivity index (χ0) is 20.1. The van der Waals surface area contributed by atoms with Gasteiger partial charge in [0.05, 0.1) is 12.6 Å². The van der Waals surface area contributed by atoms with Crippen molar-refractivity contribution >= 4 is 10.9 Å². The van der Waals surface area contributed by atoms with Crippen LogP contribution in [0.2, 0.25) is 0 Å². The van der Waals surface area contributed by atoms with Crippen molar-refractivity contribution in [2.75, 3.05) is 20.3 Å². The molecule has 3 rings (SSSR count). The average molecular weight is 382 g/mol. The van der Waals surface area contributed by atoms with Crippen LogP contribution in [0.15, 0.2) is 47.3 Å². The molecule has 1 heterocycles. The van der Waals surface area contributed by atoms with Gasteiger partial charge in [-0.15, -0.1) is 0 Å². The highest BCUT2D eigenvalue weighted by Gasteiger charge is 2.08. The number of benzene rings is 2. The Morgan fingerprint density at radius 2 is 1.82 bits per heavy atom. The van der Waals surface area contributed by atoms with Gasteiger partial charge in [-0.2, -0.15) is 0 Å². The first-order chi connectivity index (χ1) is 13.5. The molecule has 0 saturated carbocycles. The summed E-state index contributed by atoms with van der Waals surface area (Å²) in [6, 6.07) is 13.2. The van der Waals surface area contributed by atoms with E-state index in [1.165, 1.54) is 0 Å². The first kappa shape index (κ1) is 19.9. The van der Waals surface area contributed by atoms with E-state index in [4.69, 9.17) is 9.47 Å². The standard InChI is InChI=1S/C22H26N2O4/c1-14-8-15(2)21-16(9-14)10-17(22(26)24-21)11-23-12-18(25)13-28-20-6-4-19(27-3)5-7-20/h4-10,18,23,25H,11-13H2,1-3H3,(H,24,26)/t18-/m0/s1. The second kappa shape index (κ2) is 8.91. The van der Waals surface area contributed by atoms with E-state index in [2.05, 4.69) is 22.4 Å². The molecule has 6 heteroatoms. The Morgan fingerprint density at radius 1 is 1.11 bits per heavy atom. The van der Waals surface area contributed by atoms with Crippen molar-refractivity contribution in [3.63, 3.8) is 0 Å². The smallest absolute Gasteiger partial charge is 0.252 e. The lowest BCUT2D eigenvalue weighted by molar-refractivity contribution is 0.106. The summed E-state index contributed by atoms with van der Waals surface area (Å²) < 4.78 is 10.7. The van der Waals surface area contributed by atoms with E-state index in [-0.39, 0.29) is 12.2 Å². The fraction of sp³-hybridized carbons (Fsp3) is 0.318. The summed E-state index contributed by atoms with van der Waals surface area (Å²) in [5.74, 6) is 1.41. The fourth-order valence-corrected chi connectivity index (χ4v) is 3.16. The third-order valence-corrected chi connectivity index (χ3v) is 4.57. The number of aromatic nitrogens is 1. The molecule has 3 aromatic rings. The predicted octanol–water partition coefficient (Wildman–Crippen LogP) is 2.68. The summed E-state index contributed by atoms with van der Waals surface area (Å²) in [4.78, 5) is 15.3. The van der Waals surface area contributed by atoms with Crippen LogP contribution < -0.4 is 20.3 Å². The number of nitrogens with one attached hydrogen (secondary N) is 2. The molecule has 28 heavy (non-hydrogen) atoms. The number of aromatic amines is 1. The zero-order valence-electron chi connectivity index (χ0n) is 16.4. The SMILES string of the molecule is COc1ccc(OC[C@@H](O)CNCc2cc3cc(C)cc(C)c3[nH]c2=O)cc1. The Hall–Kier alpha value is -2.83. The minimum absolute atomic E-state index is 0.115. The van der Waals surface area contributed by atoms with Gasteiger partial charge < -0.3 is 24.9 Å². The molecule has 0 aliphatic rings. The molecule has 148 valence electrons. The molecule has 0 spiro atoms. The number of ether oxygens (including phenoxy) is 2. The van der Waals surface area contributed by atoms with Crippen molar-refractivity contribution in [3.8, 4) is 11.5 Å². The molecule has 0 fully saturated rings. The third kappa shape index (κ3) is 4.91. The van der Waals surface area contributed by atoms with Crippen LogP contribution in [0.5, 0.6) is 11.5 Å². The lowest BCUT2D eigenvalue weighted by atomic mass is 10.1. The van der Waals surface area contributed by atoms with Crippen LogP contribution >= 0.6 is 0 Å². The van der Waals surface area contributed by atoms with Crippen molar-refractivity contribution < 1.29 is 14.6 Å². The number of H-pyrrole nitrogens is 1. The summed E-state index contributed by atoms with van der Waals surface area (Å²) in [5.41, 5.74) is 3.60.